The largest absolute Gasteiger partial charge is 0.390 e. The first-order chi connectivity index (χ1) is 9.29. The Bertz CT molecular complexity index is 420. The second kappa shape index (κ2) is 7.28. The van der Waals surface area contributed by atoms with Crippen molar-refractivity contribution in [3.05, 3.63) is 35.9 Å². The summed E-state index contributed by atoms with van der Waals surface area (Å²) in [5, 5.41) is 0. The first-order valence-electron chi connectivity index (χ1n) is 6.41. The lowest BCUT2D eigenvalue weighted by Crippen LogP contribution is -2.43. The first-order valence-corrected chi connectivity index (χ1v) is 6.41. The lowest BCUT2D eigenvalue weighted by Gasteiger charge is -2.22. The normalized spacial score (nSPS) is 13.1. The molecule has 1 aromatic rings. The average Bonchev–Trinajstić information content (AvgIpc) is 2.41. The molecule has 0 radical (unpaired) electrons. The molecule has 0 aliphatic heterocycles. The van der Waals surface area contributed by atoms with Crippen molar-refractivity contribution in [3.63, 3.8) is 0 Å². The molecule has 0 heterocycles. The van der Waals surface area contributed by atoms with Crippen molar-refractivity contribution < 1.29 is 18.0 Å². The van der Waals surface area contributed by atoms with E-state index < -0.39 is 24.5 Å². The van der Waals surface area contributed by atoms with E-state index in [0.29, 0.717) is 12.8 Å². The van der Waals surface area contributed by atoms with Crippen molar-refractivity contribution >= 4 is 5.91 Å². The van der Waals surface area contributed by atoms with Crippen LogP contribution < -0.4 is 5.73 Å². The number of hydrogen-bond acceptors (Lipinski definition) is 2. The topological polar surface area (TPSA) is 46.3 Å². The van der Waals surface area contributed by atoms with Crippen molar-refractivity contribution in [2.75, 3.05) is 13.6 Å². The van der Waals surface area contributed by atoms with Gasteiger partial charge in [0.1, 0.15) is 0 Å². The van der Waals surface area contributed by atoms with Gasteiger partial charge in [0.2, 0.25) is 5.91 Å². The SMILES string of the molecule is CN(CCC(F)(F)F)C(=O)[C@@H](N)CCc1ccccc1. The molecule has 1 amide bonds. The van der Waals surface area contributed by atoms with Crippen LogP contribution in [0.5, 0.6) is 0 Å². The Morgan fingerprint density at radius 1 is 1.30 bits per heavy atom. The van der Waals surface area contributed by atoms with Crippen LogP contribution in [0.4, 0.5) is 13.2 Å². The third kappa shape index (κ3) is 6.06. The van der Waals surface area contributed by atoms with Gasteiger partial charge < -0.3 is 10.6 Å². The Hall–Kier alpha value is -1.56. The lowest BCUT2D eigenvalue weighted by molar-refractivity contribution is -0.144. The summed E-state index contributed by atoms with van der Waals surface area (Å²) in [6.45, 7) is -0.360. The van der Waals surface area contributed by atoms with Crippen molar-refractivity contribution in [1.29, 1.82) is 0 Å². The molecule has 3 nitrogen and oxygen atoms in total. The Balaban J connectivity index is 2.38. The zero-order valence-corrected chi connectivity index (χ0v) is 11.4. The molecule has 20 heavy (non-hydrogen) atoms. The summed E-state index contributed by atoms with van der Waals surface area (Å²) in [4.78, 5) is 12.9. The minimum atomic E-state index is -4.26. The minimum absolute atomic E-state index is 0.360. The van der Waals surface area contributed by atoms with Gasteiger partial charge in [-0.2, -0.15) is 13.2 Å². The fraction of sp³-hybridized carbons (Fsp3) is 0.500. The van der Waals surface area contributed by atoms with E-state index in [2.05, 4.69) is 0 Å². The molecule has 1 atom stereocenters. The highest BCUT2D eigenvalue weighted by Gasteiger charge is 2.28. The number of rotatable bonds is 6. The molecule has 0 bridgehead atoms. The molecule has 0 spiro atoms. The van der Waals surface area contributed by atoms with Crippen LogP contribution in [0.2, 0.25) is 0 Å². The Kier molecular flexibility index (Phi) is 6.01. The van der Waals surface area contributed by atoms with E-state index in [1.54, 1.807) is 0 Å². The molecule has 0 saturated carbocycles. The van der Waals surface area contributed by atoms with Gasteiger partial charge in [-0.05, 0) is 18.4 Å². The van der Waals surface area contributed by atoms with Gasteiger partial charge in [-0.25, -0.2) is 0 Å². The van der Waals surface area contributed by atoms with Crippen LogP contribution in [0, 0.1) is 0 Å². The summed E-state index contributed by atoms with van der Waals surface area (Å²) in [6.07, 6.45) is -4.23. The van der Waals surface area contributed by atoms with Crippen LogP contribution in [0.15, 0.2) is 30.3 Å². The zero-order valence-electron chi connectivity index (χ0n) is 11.4. The second-order valence-corrected chi connectivity index (χ2v) is 4.76. The fourth-order valence-corrected chi connectivity index (χ4v) is 1.78. The Morgan fingerprint density at radius 3 is 2.45 bits per heavy atom. The Labute approximate surface area is 116 Å². The summed E-state index contributed by atoms with van der Waals surface area (Å²) in [5.74, 6) is -0.454. The number of hydrogen-bond donors (Lipinski definition) is 1. The highest BCUT2D eigenvalue weighted by Crippen LogP contribution is 2.19. The number of nitrogens with zero attached hydrogens (tertiary/aromatic N) is 1. The van der Waals surface area contributed by atoms with Crippen molar-refractivity contribution in [2.24, 2.45) is 5.73 Å². The summed E-state index contributed by atoms with van der Waals surface area (Å²) >= 11 is 0. The molecule has 2 N–H and O–H groups in total. The van der Waals surface area contributed by atoms with Crippen molar-refractivity contribution in [1.82, 2.24) is 4.90 Å². The van der Waals surface area contributed by atoms with Crippen LogP contribution in [0.1, 0.15) is 18.4 Å². The van der Waals surface area contributed by atoms with Gasteiger partial charge in [0.25, 0.3) is 0 Å². The van der Waals surface area contributed by atoms with Crippen LogP contribution >= 0.6 is 0 Å². The maximum atomic E-state index is 12.1. The highest BCUT2D eigenvalue weighted by molar-refractivity contribution is 5.81. The van der Waals surface area contributed by atoms with Crippen LogP contribution in [-0.2, 0) is 11.2 Å². The van der Waals surface area contributed by atoms with Crippen molar-refractivity contribution in [3.8, 4) is 0 Å². The molecule has 0 aliphatic carbocycles. The maximum Gasteiger partial charge on any atom is 0.390 e. The number of carbonyl (C=O) groups excluding carboxylic acids is 1. The second-order valence-electron chi connectivity index (χ2n) is 4.76. The van der Waals surface area contributed by atoms with Crippen molar-refractivity contribution in [2.45, 2.75) is 31.5 Å². The number of halogens is 3. The van der Waals surface area contributed by atoms with Crippen LogP contribution in [0.3, 0.4) is 0 Å². The number of likely N-dealkylation sites (N-methyl/N-ethyl adjacent to an activating group) is 1. The molecule has 0 saturated heterocycles. The van der Waals surface area contributed by atoms with Gasteiger partial charge in [-0.1, -0.05) is 30.3 Å². The van der Waals surface area contributed by atoms with Gasteiger partial charge in [-0.15, -0.1) is 0 Å². The van der Waals surface area contributed by atoms with E-state index in [-0.39, 0.29) is 6.54 Å². The first kappa shape index (κ1) is 16.5. The number of alkyl halides is 3. The van der Waals surface area contributed by atoms with Gasteiger partial charge in [-0.3, -0.25) is 4.79 Å². The molecule has 0 aromatic heterocycles. The van der Waals surface area contributed by atoms with E-state index in [4.69, 9.17) is 5.73 Å². The molecule has 0 unspecified atom stereocenters. The van der Waals surface area contributed by atoms with Gasteiger partial charge in [0.15, 0.2) is 0 Å². The number of aryl methyl sites for hydroxylation is 1. The van der Waals surface area contributed by atoms with E-state index in [0.717, 1.165) is 10.5 Å². The van der Waals surface area contributed by atoms with Gasteiger partial charge in [0, 0.05) is 13.6 Å². The van der Waals surface area contributed by atoms with Crippen LogP contribution in [0.25, 0.3) is 0 Å². The van der Waals surface area contributed by atoms with Gasteiger partial charge >= 0.3 is 6.18 Å². The molecule has 0 aliphatic rings. The smallest absolute Gasteiger partial charge is 0.344 e. The molecule has 112 valence electrons. The molecular weight excluding hydrogens is 269 g/mol. The molecule has 6 heteroatoms. The number of carbonyl (C=O) groups is 1. The molecule has 0 fully saturated rings. The standard InChI is InChI=1S/C14H19F3N2O/c1-19(10-9-14(15,16)17)13(20)12(18)8-7-11-5-3-2-4-6-11/h2-6,12H,7-10,18H2,1H3/t12-/m0/s1. The summed E-state index contributed by atoms with van der Waals surface area (Å²) in [6, 6.07) is 8.73. The summed E-state index contributed by atoms with van der Waals surface area (Å²) < 4.78 is 36.2. The maximum absolute atomic E-state index is 12.1. The number of benzene rings is 1. The summed E-state index contributed by atoms with van der Waals surface area (Å²) in [7, 11) is 1.34. The lowest BCUT2D eigenvalue weighted by atomic mass is 10.1. The predicted octanol–water partition coefficient (Wildman–Crippen LogP) is 2.36. The molecule has 1 aromatic carbocycles. The summed E-state index contributed by atoms with van der Waals surface area (Å²) in [5.41, 5.74) is 6.78. The average molecular weight is 288 g/mol. The zero-order chi connectivity index (χ0) is 15.2. The van der Waals surface area contributed by atoms with E-state index >= 15 is 0 Å². The van der Waals surface area contributed by atoms with Crippen LogP contribution in [-0.4, -0.2) is 36.6 Å². The van der Waals surface area contributed by atoms with E-state index in [1.807, 2.05) is 30.3 Å². The van der Waals surface area contributed by atoms with Gasteiger partial charge in [0.05, 0.1) is 12.5 Å². The molecular formula is C14H19F3N2O. The number of nitrogens with two attached hydrogens (primary N) is 1. The quantitative estimate of drug-likeness (QED) is 0.873. The third-order valence-corrected chi connectivity index (χ3v) is 3.01. The Morgan fingerprint density at radius 2 is 1.90 bits per heavy atom. The van der Waals surface area contributed by atoms with E-state index in [1.165, 1.54) is 7.05 Å². The predicted molar refractivity (Wildman–Crippen MR) is 71.0 cm³/mol. The highest BCUT2D eigenvalue weighted by atomic mass is 19.4. The van der Waals surface area contributed by atoms with E-state index in [9.17, 15) is 18.0 Å². The number of amides is 1. The minimum Gasteiger partial charge on any atom is -0.344 e. The third-order valence-electron chi connectivity index (χ3n) is 3.01. The monoisotopic (exact) mass is 288 g/mol. The molecule has 1 rings (SSSR count). The fourth-order valence-electron chi connectivity index (χ4n) is 1.78.